The summed E-state index contributed by atoms with van der Waals surface area (Å²) in [6.07, 6.45) is 5.92. The maximum atomic E-state index is 13.1. The molecule has 2 atom stereocenters. The molecule has 1 aliphatic heterocycles. The number of amides is 1. The number of quaternary nitrogens is 1. The lowest BCUT2D eigenvalue weighted by Gasteiger charge is -2.10. The standard InChI is InChI=1S/C22H21N5O2/c28-16-8-11-26(13-16)14-19-20-6-1-2-10-27(20)21(24-19)22(29)25-18-5-3-4-15-12-23-9-7-17(15)18/h1-7,9-10,12,16,28H,8,11,13-14H2,(H,25,29)/p+1. The van der Waals surface area contributed by atoms with Crippen molar-refractivity contribution >= 4 is 27.9 Å². The minimum absolute atomic E-state index is 0.248. The first-order valence-electron chi connectivity index (χ1n) is 9.81. The lowest BCUT2D eigenvalue weighted by molar-refractivity contribution is -0.902. The molecule has 3 N–H and O–H groups in total. The van der Waals surface area contributed by atoms with E-state index < -0.39 is 0 Å². The van der Waals surface area contributed by atoms with E-state index in [1.807, 2.05) is 53.1 Å². The summed E-state index contributed by atoms with van der Waals surface area (Å²) >= 11 is 0. The largest absolute Gasteiger partial charge is 0.387 e. The summed E-state index contributed by atoms with van der Waals surface area (Å²) in [5.41, 5.74) is 2.54. The Labute approximate surface area is 167 Å². The van der Waals surface area contributed by atoms with Gasteiger partial charge in [-0.15, -0.1) is 0 Å². The third-order valence-corrected chi connectivity index (χ3v) is 5.53. The number of nitrogens with zero attached hydrogens (tertiary/aromatic N) is 3. The molecule has 0 aliphatic carbocycles. The Kier molecular flexibility index (Phi) is 4.46. The van der Waals surface area contributed by atoms with Crippen molar-refractivity contribution in [3.05, 3.63) is 72.6 Å². The molecule has 0 bridgehead atoms. The number of likely N-dealkylation sites (tertiary alicyclic amines) is 1. The molecular weight excluding hydrogens is 366 g/mol. The van der Waals surface area contributed by atoms with Crippen LogP contribution in [0, 0.1) is 0 Å². The van der Waals surface area contributed by atoms with Crippen LogP contribution in [0.5, 0.6) is 0 Å². The normalized spacial score (nSPS) is 19.1. The second-order valence-electron chi connectivity index (χ2n) is 7.52. The molecule has 1 saturated heterocycles. The van der Waals surface area contributed by atoms with E-state index >= 15 is 0 Å². The Hall–Kier alpha value is -3.29. The van der Waals surface area contributed by atoms with Gasteiger partial charge in [-0.05, 0) is 24.3 Å². The highest BCUT2D eigenvalue weighted by Gasteiger charge is 2.27. The molecule has 5 rings (SSSR count). The number of aliphatic hydroxyl groups is 1. The molecule has 1 aromatic carbocycles. The zero-order chi connectivity index (χ0) is 19.8. The Morgan fingerprint density at radius 3 is 3.03 bits per heavy atom. The highest BCUT2D eigenvalue weighted by atomic mass is 16.3. The lowest BCUT2D eigenvalue weighted by atomic mass is 10.1. The van der Waals surface area contributed by atoms with Crippen LogP contribution < -0.4 is 10.2 Å². The fourth-order valence-electron chi connectivity index (χ4n) is 4.11. The Bertz CT molecular complexity index is 1200. The van der Waals surface area contributed by atoms with Crippen molar-refractivity contribution in [3.8, 4) is 0 Å². The van der Waals surface area contributed by atoms with Gasteiger partial charge in [0, 0.05) is 41.5 Å². The minimum atomic E-state index is -0.252. The van der Waals surface area contributed by atoms with Gasteiger partial charge in [0.25, 0.3) is 5.91 Å². The van der Waals surface area contributed by atoms with Crippen LogP contribution in [0.3, 0.4) is 0 Å². The molecule has 146 valence electrons. The monoisotopic (exact) mass is 388 g/mol. The van der Waals surface area contributed by atoms with Crippen molar-refractivity contribution in [3.63, 3.8) is 0 Å². The van der Waals surface area contributed by atoms with Gasteiger partial charge in [0.2, 0.25) is 5.82 Å². The summed E-state index contributed by atoms with van der Waals surface area (Å²) in [5, 5.41) is 14.7. The fraction of sp³-hybridized carbons (Fsp3) is 0.227. The molecule has 1 aliphatic rings. The molecule has 0 saturated carbocycles. The summed E-state index contributed by atoms with van der Waals surface area (Å²) in [7, 11) is 0. The number of pyridine rings is 2. The Morgan fingerprint density at radius 2 is 2.17 bits per heavy atom. The van der Waals surface area contributed by atoms with Gasteiger partial charge >= 0.3 is 0 Å². The van der Waals surface area contributed by atoms with E-state index in [1.165, 1.54) is 4.90 Å². The van der Waals surface area contributed by atoms with E-state index in [0.717, 1.165) is 47.2 Å². The van der Waals surface area contributed by atoms with E-state index in [0.29, 0.717) is 12.4 Å². The Balaban J connectivity index is 1.48. The average Bonchev–Trinajstić information content (AvgIpc) is 3.32. The maximum Gasteiger partial charge on any atom is 0.292 e. The minimum Gasteiger partial charge on any atom is -0.387 e. The summed E-state index contributed by atoms with van der Waals surface area (Å²) in [4.78, 5) is 23.2. The quantitative estimate of drug-likeness (QED) is 0.492. The van der Waals surface area contributed by atoms with Crippen molar-refractivity contribution in [2.75, 3.05) is 18.4 Å². The number of carbonyl (C=O) groups excluding carboxylic acids is 1. The molecular formula is C22H22N5O2+. The van der Waals surface area contributed by atoms with Crippen LogP contribution >= 0.6 is 0 Å². The highest BCUT2D eigenvalue weighted by Crippen LogP contribution is 2.23. The first kappa shape index (κ1) is 17.8. The predicted molar refractivity (Wildman–Crippen MR) is 110 cm³/mol. The average molecular weight is 388 g/mol. The van der Waals surface area contributed by atoms with Crippen LogP contribution in [0.15, 0.2) is 61.1 Å². The first-order valence-corrected chi connectivity index (χ1v) is 9.81. The molecule has 7 heteroatoms. The van der Waals surface area contributed by atoms with Crippen LogP contribution in [0.4, 0.5) is 5.69 Å². The van der Waals surface area contributed by atoms with Gasteiger partial charge in [-0.2, -0.15) is 0 Å². The van der Waals surface area contributed by atoms with Crippen LogP contribution in [-0.4, -0.2) is 44.6 Å². The van der Waals surface area contributed by atoms with Gasteiger partial charge < -0.3 is 15.3 Å². The molecule has 1 fully saturated rings. The van der Waals surface area contributed by atoms with Crippen molar-refractivity contribution < 1.29 is 14.8 Å². The van der Waals surface area contributed by atoms with E-state index in [2.05, 4.69) is 10.3 Å². The number of nitrogens with one attached hydrogen (secondary N) is 2. The van der Waals surface area contributed by atoms with Crippen LogP contribution in [0.2, 0.25) is 0 Å². The molecule has 4 aromatic rings. The van der Waals surface area contributed by atoms with Gasteiger partial charge in [0.05, 0.1) is 12.1 Å². The topological polar surface area (TPSA) is 84.0 Å². The number of hydrogen-bond donors (Lipinski definition) is 3. The van der Waals surface area contributed by atoms with E-state index in [4.69, 9.17) is 4.98 Å². The summed E-state index contributed by atoms with van der Waals surface area (Å²) < 4.78 is 1.84. The first-order chi connectivity index (χ1) is 14.2. The molecule has 0 radical (unpaired) electrons. The number of rotatable bonds is 4. The number of hydrogen-bond acceptors (Lipinski definition) is 4. The molecule has 2 unspecified atom stereocenters. The van der Waals surface area contributed by atoms with E-state index in [1.54, 1.807) is 12.4 Å². The van der Waals surface area contributed by atoms with Crippen LogP contribution in [0.25, 0.3) is 16.3 Å². The van der Waals surface area contributed by atoms with Gasteiger partial charge in [0.1, 0.15) is 24.9 Å². The van der Waals surface area contributed by atoms with Gasteiger partial charge in [-0.3, -0.25) is 14.2 Å². The molecule has 3 aromatic heterocycles. The maximum absolute atomic E-state index is 13.1. The number of imidazole rings is 1. The van der Waals surface area contributed by atoms with Crippen LogP contribution in [0.1, 0.15) is 22.7 Å². The number of aromatic nitrogens is 3. The SMILES string of the molecule is O=C(Nc1cccc2cnccc12)c1nc(C[NH+]2CCC(O)C2)c2ccccn12. The fourth-order valence-corrected chi connectivity index (χ4v) is 4.11. The smallest absolute Gasteiger partial charge is 0.292 e. The molecule has 7 nitrogen and oxygen atoms in total. The predicted octanol–water partition coefficient (Wildman–Crippen LogP) is 1.28. The lowest BCUT2D eigenvalue weighted by Crippen LogP contribution is -3.09. The molecule has 29 heavy (non-hydrogen) atoms. The number of aliphatic hydroxyl groups excluding tert-OH is 1. The Morgan fingerprint density at radius 1 is 1.24 bits per heavy atom. The van der Waals surface area contributed by atoms with Gasteiger partial charge in [-0.1, -0.05) is 18.2 Å². The summed E-state index contributed by atoms with van der Waals surface area (Å²) in [6.45, 7) is 2.33. The zero-order valence-electron chi connectivity index (χ0n) is 15.9. The second-order valence-corrected chi connectivity index (χ2v) is 7.52. The van der Waals surface area contributed by atoms with Crippen LogP contribution in [-0.2, 0) is 6.54 Å². The van der Waals surface area contributed by atoms with E-state index in [-0.39, 0.29) is 12.0 Å². The number of anilines is 1. The molecule has 0 spiro atoms. The molecule has 4 heterocycles. The second kappa shape index (κ2) is 7.27. The summed E-state index contributed by atoms with van der Waals surface area (Å²) in [6, 6.07) is 13.5. The van der Waals surface area contributed by atoms with Gasteiger partial charge in [0.15, 0.2) is 0 Å². The van der Waals surface area contributed by atoms with Gasteiger partial charge in [-0.25, -0.2) is 4.98 Å². The third-order valence-electron chi connectivity index (χ3n) is 5.53. The zero-order valence-corrected chi connectivity index (χ0v) is 15.9. The van der Waals surface area contributed by atoms with Crippen molar-refractivity contribution in [1.29, 1.82) is 0 Å². The number of fused-ring (bicyclic) bond motifs is 2. The number of carbonyl (C=O) groups is 1. The highest BCUT2D eigenvalue weighted by molar-refractivity contribution is 6.07. The third kappa shape index (κ3) is 3.35. The van der Waals surface area contributed by atoms with Crippen molar-refractivity contribution in [1.82, 2.24) is 14.4 Å². The van der Waals surface area contributed by atoms with Crippen molar-refractivity contribution in [2.24, 2.45) is 0 Å². The molecule has 1 amide bonds. The van der Waals surface area contributed by atoms with Crippen molar-refractivity contribution in [2.45, 2.75) is 19.1 Å². The number of benzene rings is 1. The summed E-state index contributed by atoms with van der Waals surface area (Å²) in [5.74, 6) is 0.110. The van der Waals surface area contributed by atoms with E-state index in [9.17, 15) is 9.90 Å².